The standard InChI is InChI=1S/C39H31Cl2N3O6/c1-50-26-13-10-22(11-14-26)39-30(36(47)44(38(39)49)42-32-17-12-23(40)19-31(32)41)20-29-27(34(39)21-6-5-9-25(45)18-21)15-16-28-33(29)37(48)43(35(28)46)24-7-3-2-4-8-24/h2-15,17-19,28-30,33-34,42,45H,16,20H2,1H3/t28-,29+,30-,33-,34-,39+/m0/s1. The van der Waals surface area contributed by atoms with E-state index >= 15 is 4.79 Å². The Hall–Kier alpha value is -5.12. The minimum Gasteiger partial charge on any atom is -0.508 e. The number of phenolic OH excluding ortho intramolecular Hbond substituents is 1. The van der Waals surface area contributed by atoms with E-state index in [1.165, 1.54) is 11.0 Å². The number of anilines is 2. The molecule has 4 amide bonds. The lowest BCUT2D eigenvalue weighted by Gasteiger charge is -2.50. The number of benzene rings is 4. The molecular formula is C39H31Cl2N3O6. The molecule has 4 aromatic carbocycles. The highest BCUT2D eigenvalue weighted by atomic mass is 35.5. The molecule has 252 valence electrons. The maximum atomic E-state index is 15.3. The van der Waals surface area contributed by atoms with Crippen LogP contribution in [0.4, 0.5) is 11.4 Å². The number of amides is 4. The van der Waals surface area contributed by atoms with Crippen molar-refractivity contribution in [3.05, 3.63) is 130 Å². The number of carbonyl (C=O) groups is 4. The van der Waals surface area contributed by atoms with Gasteiger partial charge in [0.15, 0.2) is 0 Å². The van der Waals surface area contributed by atoms with Gasteiger partial charge in [-0.1, -0.05) is 77.3 Å². The number of halogens is 2. The first-order chi connectivity index (χ1) is 24.1. The lowest BCUT2D eigenvalue weighted by Crippen LogP contribution is -2.53. The molecule has 2 aliphatic heterocycles. The number of hydrogen-bond donors (Lipinski definition) is 2. The van der Waals surface area contributed by atoms with Gasteiger partial charge < -0.3 is 9.84 Å². The molecule has 0 spiro atoms. The molecule has 0 bridgehead atoms. The normalized spacial score (nSPS) is 27.1. The summed E-state index contributed by atoms with van der Waals surface area (Å²) in [6.07, 6.45) is 2.40. The Morgan fingerprint density at radius 3 is 2.30 bits per heavy atom. The van der Waals surface area contributed by atoms with Crippen LogP contribution in [0.1, 0.15) is 29.9 Å². The highest BCUT2D eigenvalue weighted by Crippen LogP contribution is 2.64. The van der Waals surface area contributed by atoms with Gasteiger partial charge in [0, 0.05) is 10.9 Å². The second kappa shape index (κ2) is 12.0. The number of ether oxygens (including phenoxy) is 1. The molecule has 0 aromatic heterocycles. The third kappa shape index (κ3) is 4.67. The number of aromatic hydroxyl groups is 1. The summed E-state index contributed by atoms with van der Waals surface area (Å²) in [5.74, 6) is -4.73. The Balaban J connectivity index is 1.33. The Bertz CT molecular complexity index is 2100. The van der Waals surface area contributed by atoms with Crippen molar-refractivity contribution in [2.24, 2.45) is 23.7 Å². The van der Waals surface area contributed by atoms with E-state index in [1.54, 1.807) is 86.0 Å². The van der Waals surface area contributed by atoms with Crippen LogP contribution >= 0.6 is 23.2 Å². The molecule has 0 radical (unpaired) electrons. The van der Waals surface area contributed by atoms with E-state index in [9.17, 15) is 19.5 Å². The Labute approximate surface area is 298 Å². The number of para-hydroxylation sites is 1. The summed E-state index contributed by atoms with van der Waals surface area (Å²) in [6, 6.07) is 27.3. The van der Waals surface area contributed by atoms with Crippen molar-refractivity contribution in [2.45, 2.75) is 24.2 Å². The van der Waals surface area contributed by atoms with E-state index in [4.69, 9.17) is 27.9 Å². The maximum Gasteiger partial charge on any atom is 0.260 e. The molecule has 0 unspecified atom stereocenters. The quantitative estimate of drug-likeness (QED) is 0.166. The largest absolute Gasteiger partial charge is 0.508 e. The van der Waals surface area contributed by atoms with Crippen molar-refractivity contribution in [2.75, 3.05) is 17.4 Å². The van der Waals surface area contributed by atoms with Crippen LogP contribution < -0.4 is 15.1 Å². The molecule has 4 aliphatic rings. The molecule has 1 saturated carbocycles. The van der Waals surface area contributed by atoms with Crippen LogP contribution in [0.3, 0.4) is 0 Å². The highest BCUT2D eigenvalue weighted by molar-refractivity contribution is 6.36. The molecule has 9 nitrogen and oxygen atoms in total. The van der Waals surface area contributed by atoms with Crippen LogP contribution in [-0.2, 0) is 24.6 Å². The fourth-order valence-corrected chi connectivity index (χ4v) is 9.21. The van der Waals surface area contributed by atoms with Gasteiger partial charge in [-0.05, 0) is 84.5 Å². The number of hydrogen-bond acceptors (Lipinski definition) is 7. The summed E-state index contributed by atoms with van der Waals surface area (Å²) in [5.41, 5.74) is 4.23. The average Bonchev–Trinajstić information content (AvgIpc) is 3.50. The lowest BCUT2D eigenvalue weighted by molar-refractivity contribution is -0.138. The van der Waals surface area contributed by atoms with Crippen LogP contribution in [0.15, 0.2) is 109 Å². The number of methoxy groups -OCH3 is 1. The van der Waals surface area contributed by atoms with E-state index in [0.29, 0.717) is 33.3 Å². The van der Waals surface area contributed by atoms with Gasteiger partial charge in [-0.15, -0.1) is 0 Å². The molecule has 50 heavy (non-hydrogen) atoms. The Morgan fingerprint density at radius 1 is 0.840 bits per heavy atom. The van der Waals surface area contributed by atoms with E-state index in [1.807, 2.05) is 18.2 Å². The van der Waals surface area contributed by atoms with Crippen LogP contribution in [-0.4, -0.2) is 40.9 Å². The number of allylic oxidation sites excluding steroid dienone is 2. The second-order valence-electron chi connectivity index (χ2n) is 13.2. The van der Waals surface area contributed by atoms with Gasteiger partial charge in [-0.25, -0.2) is 0 Å². The Morgan fingerprint density at radius 2 is 1.60 bits per heavy atom. The fraction of sp³-hybridized carbons (Fsp3) is 0.231. The molecule has 2 saturated heterocycles. The first kappa shape index (κ1) is 32.1. The van der Waals surface area contributed by atoms with Crippen molar-refractivity contribution >= 4 is 58.2 Å². The minimum atomic E-state index is -1.51. The maximum absolute atomic E-state index is 15.3. The Kier molecular flexibility index (Phi) is 7.73. The monoisotopic (exact) mass is 707 g/mol. The zero-order valence-corrected chi connectivity index (χ0v) is 28.3. The zero-order valence-electron chi connectivity index (χ0n) is 26.8. The molecule has 2 aliphatic carbocycles. The van der Waals surface area contributed by atoms with Crippen LogP contribution in [0.25, 0.3) is 0 Å². The third-order valence-corrected chi connectivity index (χ3v) is 11.3. The van der Waals surface area contributed by atoms with Crippen molar-refractivity contribution in [3.63, 3.8) is 0 Å². The number of hydrazine groups is 1. The first-order valence-corrected chi connectivity index (χ1v) is 17.1. The summed E-state index contributed by atoms with van der Waals surface area (Å²) in [4.78, 5) is 59.6. The van der Waals surface area contributed by atoms with Crippen molar-refractivity contribution in [1.82, 2.24) is 5.01 Å². The number of carbonyl (C=O) groups excluding carboxylic acids is 4. The van der Waals surface area contributed by atoms with E-state index in [-0.39, 0.29) is 35.4 Å². The molecule has 6 atom stereocenters. The van der Waals surface area contributed by atoms with Gasteiger partial charge in [0.1, 0.15) is 11.5 Å². The zero-order chi connectivity index (χ0) is 34.9. The average molecular weight is 709 g/mol. The summed E-state index contributed by atoms with van der Waals surface area (Å²) in [6.45, 7) is 0. The van der Waals surface area contributed by atoms with Gasteiger partial charge in [0.25, 0.3) is 11.8 Å². The van der Waals surface area contributed by atoms with Crippen molar-refractivity contribution in [3.8, 4) is 11.5 Å². The summed E-state index contributed by atoms with van der Waals surface area (Å²) < 4.78 is 5.45. The van der Waals surface area contributed by atoms with Gasteiger partial charge in [0.2, 0.25) is 11.8 Å². The van der Waals surface area contributed by atoms with Crippen LogP contribution in [0, 0.1) is 23.7 Å². The number of nitrogens with zero attached hydrogens (tertiary/aromatic N) is 2. The molecule has 2 heterocycles. The number of imide groups is 2. The second-order valence-corrected chi connectivity index (χ2v) is 14.0. The van der Waals surface area contributed by atoms with Crippen LogP contribution in [0.2, 0.25) is 10.0 Å². The lowest BCUT2D eigenvalue weighted by atomic mass is 9.49. The predicted octanol–water partition coefficient (Wildman–Crippen LogP) is 6.90. The fourth-order valence-electron chi connectivity index (χ4n) is 8.75. The van der Waals surface area contributed by atoms with E-state index in [2.05, 4.69) is 5.43 Å². The number of fused-ring (bicyclic) bond motifs is 4. The third-order valence-electron chi connectivity index (χ3n) is 10.8. The van der Waals surface area contributed by atoms with Crippen LogP contribution in [0.5, 0.6) is 11.5 Å². The summed E-state index contributed by atoms with van der Waals surface area (Å²) in [7, 11) is 1.55. The highest BCUT2D eigenvalue weighted by Gasteiger charge is 2.70. The smallest absolute Gasteiger partial charge is 0.260 e. The number of nitrogens with one attached hydrogen (secondary N) is 1. The molecule has 3 fully saturated rings. The first-order valence-electron chi connectivity index (χ1n) is 16.3. The van der Waals surface area contributed by atoms with E-state index in [0.717, 1.165) is 10.6 Å². The molecule has 11 heteroatoms. The molecule has 8 rings (SSSR count). The topological polar surface area (TPSA) is 116 Å². The SMILES string of the molecule is COc1ccc([C@@]23C(=O)N(Nc4ccc(Cl)cc4Cl)C(=O)[C@@H]2C[C@@H]2C(=CC[C@@H]4C(=O)N(c5ccccc5)C(=O)[C@@H]42)[C@@H]3c2cccc(O)c2)cc1. The summed E-state index contributed by atoms with van der Waals surface area (Å²) >= 11 is 12.7. The van der Waals surface area contributed by atoms with Gasteiger partial charge in [-0.2, -0.15) is 5.01 Å². The predicted molar refractivity (Wildman–Crippen MR) is 188 cm³/mol. The summed E-state index contributed by atoms with van der Waals surface area (Å²) in [5, 5.41) is 12.4. The van der Waals surface area contributed by atoms with Gasteiger partial charge in [-0.3, -0.25) is 29.5 Å². The van der Waals surface area contributed by atoms with E-state index < -0.39 is 46.8 Å². The molecule has 2 N–H and O–H groups in total. The number of rotatable bonds is 6. The van der Waals surface area contributed by atoms with Crippen molar-refractivity contribution < 1.29 is 29.0 Å². The molecule has 4 aromatic rings. The number of phenols is 1. The van der Waals surface area contributed by atoms with Gasteiger partial charge in [0.05, 0.1) is 46.7 Å². The van der Waals surface area contributed by atoms with Crippen molar-refractivity contribution in [1.29, 1.82) is 0 Å². The molecular weight excluding hydrogens is 677 g/mol. The minimum absolute atomic E-state index is 0.0117. The van der Waals surface area contributed by atoms with Gasteiger partial charge >= 0.3 is 0 Å².